The lowest BCUT2D eigenvalue weighted by molar-refractivity contribution is 0.581. The second-order valence-electron chi connectivity index (χ2n) is 5.39. The Morgan fingerprint density at radius 2 is 1.44 bits per heavy atom. The van der Waals surface area contributed by atoms with Gasteiger partial charge in [0.25, 0.3) is 0 Å². The lowest BCUT2D eigenvalue weighted by atomic mass is 10.0. The molecule has 1 heterocycles. The van der Waals surface area contributed by atoms with Crippen molar-refractivity contribution in [1.82, 2.24) is 9.71 Å². The second kappa shape index (κ2) is 7.26. The Kier molecular flexibility index (Phi) is 4.89. The van der Waals surface area contributed by atoms with E-state index in [9.17, 15) is 8.42 Å². The van der Waals surface area contributed by atoms with Crippen LogP contribution in [0.5, 0.6) is 0 Å². The highest BCUT2D eigenvalue weighted by molar-refractivity contribution is 7.89. The number of rotatable bonds is 5. The largest absolute Gasteiger partial charge is 0.265 e. The van der Waals surface area contributed by atoms with E-state index in [-0.39, 0.29) is 11.4 Å². The minimum absolute atomic E-state index is 0.207. The van der Waals surface area contributed by atoms with Crippen LogP contribution >= 0.6 is 0 Å². The molecule has 0 unspecified atom stereocenters. The third kappa shape index (κ3) is 4.10. The van der Waals surface area contributed by atoms with Crippen LogP contribution < -0.4 is 4.72 Å². The molecule has 0 saturated heterocycles. The van der Waals surface area contributed by atoms with Crippen molar-refractivity contribution >= 4 is 10.0 Å². The molecule has 0 aliphatic carbocycles. The van der Waals surface area contributed by atoms with Crippen molar-refractivity contribution in [3.05, 3.63) is 84.2 Å². The van der Waals surface area contributed by atoms with Gasteiger partial charge in [0.2, 0.25) is 10.0 Å². The van der Waals surface area contributed by atoms with Crippen molar-refractivity contribution in [3.8, 4) is 17.2 Å². The highest BCUT2D eigenvalue weighted by Gasteiger charge is 2.13. The normalized spacial score (nSPS) is 11.0. The van der Waals surface area contributed by atoms with Crippen molar-refractivity contribution in [2.24, 2.45) is 0 Å². The number of nitriles is 1. The molecule has 124 valence electrons. The fourth-order valence-corrected chi connectivity index (χ4v) is 3.34. The van der Waals surface area contributed by atoms with Crippen LogP contribution in [0.15, 0.2) is 78.0 Å². The summed E-state index contributed by atoms with van der Waals surface area (Å²) in [5, 5.41) is 8.83. The van der Waals surface area contributed by atoms with Crippen LogP contribution in [0.1, 0.15) is 11.1 Å². The van der Waals surface area contributed by atoms with Crippen LogP contribution in [0.3, 0.4) is 0 Å². The van der Waals surface area contributed by atoms with E-state index in [1.807, 2.05) is 12.1 Å². The molecule has 25 heavy (non-hydrogen) atoms. The molecule has 2 aromatic carbocycles. The van der Waals surface area contributed by atoms with Gasteiger partial charge in [0.1, 0.15) is 0 Å². The summed E-state index contributed by atoms with van der Waals surface area (Å²) in [6.45, 7) is 0.211. The minimum atomic E-state index is -3.58. The summed E-state index contributed by atoms with van der Waals surface area (Å²) in [5.74, 6) is 0. The Balaban J connectivity index is 1.75. The summed E-state index contributed by atoms with van der Waals surface area (Å²) in [6, 6.07) is 19.4. The van der Waals surface area contributed by atoms with Gasteiger partial charge in [-0.3, -0.25) is 4.98 Å². The fraction of sp³-hybridized carbons (Fsp3) is 0.0526. The molecule has 6 heteroatoms. The summed E-state index contributed by atoms with van der Waals surface area (Å²) >= 11 is 0. The standard InChI is InChI=1S/C19H15N3O2S/c20-13-15-1-3-17(4-2-15)18-5-7-19(8-6-18)25(23,24)22-14-16-9-11-21-12-10-16/h1-12,22H,14H2. The average Bonchev–Trinajstić information content (AvgIpc) is 2.67. The number of aromatic nitrogens is 1. The first kappa shape index (κ1) is 16.8. The summed E-state index contributed by atoms with van der Waals surface area (Å²) in [7, 11) is -3.58. The quantitative estimate of drug-likeness (QED) is 0.767. The van der Waals surface area contributed by atoms with Gasteiger partial charge in [0, 0.05) is 18.9 Å². The lowest BCUT2D eigenvalue weighted by Crippen LogP contribution is -2.23. The minimum Gasteiger partial charge on any atom is -0.265 e. The fourth-order valence-electron chi connectivity index (χ4n) is 2.33. The molecule has 1 N–H and O–H groups in total. The van der Waals surface area contributed by atoms with Crippen LogP contribution in [-0.2, 0) is 16.6 Å². The molecule has 0 fully saturated rings. The summed E-state index contributed by atoms with van der Waals surface area (Å²) in [5.41, 5.74) is 3.24. The molecule has 0 atom stereocenters. The van der Waals surface area contributed by atoms with Crippen molar-refractivity contribution in [1.29, 1.82) is 5.26 Å². The Morgan fingerprint density at radius 3 is 2.00 bits per heavy atom. The molecule has 0 amide bonds. The number of sulfonamides is 1. The van der Waals surface area contributed by atoms with Gasteiger partial charge < -0.3 is 0 Å². The zero-order chi connectivity index (χ0) is 17.7. The molecule has 0 saturated carbocycles. The zero-order valence-electron chi connectivity index (χ0n) is 13.3. The Hall–Kier alpha value is -3.01. The van der Waals surface area contributed by atoms with Gasteiger partial charge in [-0.15, -0.1) is 0 Å². The Bertz CT molecular complexity index is 991. The van der Waals surface area contributed by atoms with Gasteiger partial charge in [0.15, 0.2) is 0 Å². The van der Waals surface area contributed by atoms with Gasteiger partial charge in [-0.25, -0.2) is 13.1 Å². The van der Waals surface area contributed by atoms with Gasteiger partial charge in [0.05, 0.1) is 16.5 Å². The molecule has 0 aliphatic rings. The molecule has 3 rings (SSSR count). The molecular formula is C19H15N3O2S. The van der Waals surface area contributed by atoms with E-state index in [4.69, 9.17) is 5.26 Å². The van der Waals surface area contributed by atoms with Gasteiger partial charge >= 0.3 is 0 Å². The highest BCUT2D eigenvalue weighted by Crippen LogP contribution is 2.21. The number of benzene rings is 2. The van der Waals surface area contributed by atoms with Crippen LogP contribution in [0, 0.1) is 11.3 Å². The predicted molar refractivity (Wildman–Crippen MR) is 94.9 cm³/mol. The molecule has 3 aromatic rings. The average molecular weight is 349 g/mol. The SMILES string of the molecule is N#Cc1ccc(-c2ccc(S(=O)(=O)NCc3ccncc3)cc2)cc1. The van der Waals surface area contributed by atoms with Crippen LogP contribution in [-0.4, -0.2) is 13.4 Å². The third-order valence-electron chi connectivity index (χ3n) is 3.73. The first-order valence-corrected chi connectivity index (χ1v) is 9.06. The zero-order valence-corrected chi connectivity index (χ0v) is 14.1. The lowest BCUT2D eigenvalue weighted by Gasteiger charge is -2.08. The summed E-state index contributed by atoms with van der Waals surface area (Å²) in [6.07, 6.45) is 3.24. The maximum Gasteiger partial charge on any atom is 0.240 e. The number of hydrogen-bond donors (Lipinski definition) is 1. The molecule has 1 aromatic heterocycles. The van der Waals surface area contributed by atoms with E-state index >= 15 is 0 Å². The number of hydrogen-bond acceptors (Lipinski definition) is 4. The molecule has 0 aliphatic heterocycles. The smallest absolute Gasteiger partial charge is 0.240 e. The predicted octanol–water partition coefficient (Wildman–Crippen LogP) is 3.10. The van der Waals surface area contributed by atoms with Gasteiger partial charge in [-0.2, -0.15) is 5.26 Å². The van der Waals surface area contributed by atoms with E-state index in [1.165, 1.54) is 0 Å². The van der Waals surface area contributed by atoms with E-state index in [0.717, 1.165) is 16.7 Å². The van der Waals surface area contributed by atoms with E-state index in [2.05, 4.69) is 15.8 Å². The van der Waals surface area contributed by atoms with E-state index in [1.54, 1.807) is 60.9 Å². The van der Waals surface area contributed by atoms with E-state index < -0.39 is 10.0 Å². The maximum atomic E-state index is 12.4. The van der Waals surface area contributed by atoms with Crippen molar-refractivity contribution in [2.75, 3.05) is 0 Å². The van der Waals surface area contributed by atoms with Gasteiger partial charge in [-0.1, -0.05) is 24.3 Å². The van der Waals surface area contributed by atoms with Crippen LogP contribution in [0.25, 0.3) is 11.1 Å². The number of pyridine rings is 1. The molecule has 5 nitrogen and oxygen atoms in total. The second-order valence-corrected chi connectivity index (χ2v) is 7.16. The molecule has 0 spiro atoms. The van der Waals surface area contributed by atoms with Crippen LogP contribution in [0.2, 0.25) is 0 Å². The topological polar surface area (TPSA) is 82.8 Å². The number of nitrogens with one attached hydrogen (secondary N) is 1. The maximum absolute atomic E-state index is 12.4. The van der Waals surface area contributed by atoms with Crippen LogP contribution in [0.4, 0.5) is 0 Å². The van der Waals surface area contributed by atoms with Crippen molar-refractivity contribution < 1.29 is 8.42 Å². The molecule has 0 radical (unpaired) electrons. The van der Waals surface area contributed by atoms with Crippen molar-refractivity contribution in [3.63, 3.8) is 0 Å². The summed E-state index contributed by atoms with van der Waals surface area (Å²) < 4.78 is 27.3. The number of nitrogens with zero attached hydrogens (tertiary/aromatic N) is 2. The summed E-state index contributed by atoms with van der Waals surface area (Å²) in [4.78, 5) is 4.11. The first-order chi connectivity index (χ1) is 12.1. The van der Waals surface area contributed by atoms with Gasteiger partial charge in [-0.05, 0) is 53.1 Å². The van der Waals surface area contributed by atoms with E-state index in [0.29, 0.717) is 5.56 Å². The first-order valence-electron chi connectivity index (χ1n) is 7.58. The van der Waals surface area contributed by atoms with Crippen molar-refractivity contribution in [2.45, 2.75) is 11.4 Å². The molecular weight excluding hydrogens is 334 g/mol. The Morgan fingerprint density at radius 1 is 0.880 bits per heavy atom. The monoisotopic (exact) mass is 349 g/mol. The highest BCUT2D eigenvalue weighted by atomic mass is 32.2. The third-order valence-corrected chi connectivity index (χ3v) is 5.14. The molecule has 0 bridgehead atoms. The Labute approximate surface area is 146 Å².